The van der Waals surface area contributed by atoms with E-state index in [1.165, 1.54) is 12.8 Å². The molecule has 5 aliphatic rings. The Morgan fingerprint density at radius 1 is 1.11 bits per heavy atom. The minimum absolute atomic E-state index is 0.0429. The average molecular weight is 369 g/mol. The summed E-state index contributed by atoms with van der Waals surface area (Å²) in [5, 5.41) is 22.4. The highest BCUT2D eigenvalue weighted by atomic mass is 19.1. The first kappa shape index (κ1) is 16.5. The van der Waals surface area contributed by atoms with Crippen LogP contribution in [0.25, 0.3) is 11.0 Å². The van der Waals surface area contributed by atoms with Crippen molar-refractivity contribution < 1.29 is 9.50 Å². The molecule has 4 fully saturated rings. The number of hydrogen-bond acceptors (Lipinski definition) is 3. The molecule has 0 radical (unpaired) electrons. The van der Waals surface area contributed by atoms with Crippen LogP contribution < -0.4 is 0 Å². The third-order valence-corrected chi connectivity index (χ3v) is 8.93. The van der Waals surface area contributed by atoms with Gasteiger partial charge in [-0.2, -0.15) is 15.4 Å². The SMILES string of the molecule is CC12CCC3c4ccc5n[nH]nc5c4C(F)CC3C1C1CCC(CC1)C2O. The van der Waals surface area contributed by atoms with Crippen LogP contribution in [0.2, 0.25) is 0 Å². The molecule has 1 aromatic carbocycles. The molecule has 2 aromatic rings. The van der Waals surface area contributed by atoms with Crippen LogP contribution in [0, 0.1) is 29.1 Å². The zero-order valence-electron chi connectivity index (χ0n) is 15.9. The van der Waals surface area contributed by atoms with Crippen molar-refractivity contribution in [1.82, 2.24) is 15.4 Å². The number of benzene rings is 1. The van der Waals surface area contributed by atoms with Crippen molar-refractivity contribution in [1.29, 1.82) is 0 Å². The number of nitrogens with zero attached hydrogens (tertiary/aromatic N) is 2. The number of aliphatic hydroxyl groups excluding tert-OH is 1. The molecule has 5 aliphatic carbocycles. The molecule has 0 aliphatic heterocycles. The van der Waals surface area contributed by atoms with Gasteiger partial charge in [-0.15, -0.1) is 0 Å². The summed E-state index contributed by atoms with van der Waals surface area (Å²) in [4.78, 5) is 0. The number of alkyl halides is 1. The van der Waals surface area contributed by atoms with Gasteiger partial charge in [0.25, 0.3) is 0 Å². The van der Waals surface area contributed by atoms with Gasteiger partial charge in [-0.1, -0.05) is 13.0 Å². The lowest BCUT2D eigenvalue weighted by Crippen LogP contribution is -2.50. The molecule has 5 heteroatoms. The number of H-pyrrole nitrogens is 1. The van der Waals surface area contributed by atoms with Gasteiger partial charge >= 0.3 is 0 Å². The Hall–Kier alpha value is -1.49. The van der Waals surface area contributed by atoms with Crippen LogP contribution in [0.15, 0.2) is 12.1 Å². The average Bonchev–Trinajstić information content (AvgIpc) is 3.09. The van der Waals surface area contributed by atoms with E-state index >= 15 is 4.39 Å². The summed E-state index contributed by atoms with van der Waals surface area (Å²) in [6.45, 7) is 2.32. The van der Waals surface area contributed by atoms with E-state index in [2.05, 4.69) is 28.4 Å². The maximum Gasteiger partial charge on any atom is 0.128 e. The molecule has 4 saturated carbocycles. The summed E-state index contributed by atoms with van der Waals surface area (Å²) in [6.07, 6.45) is 6.25. The van der Waals surface area contributed by atoms with Crippen molar-refractivity contribution in [3.8, 4) is 0 Å². The highest BCUT2D eigenvalue weighted by Crippen LogP contribution is 2.65. The van der Waals surface area contributed by atoms with Crippen molar-refractivity contribution in [3.63, 3.8) is 0 Å². The van der Waals surface area contributed by atoms with Crippen LogP contribution in [0.1, 0.15) is 75.1 Å². The molecule has 2 bridgehead atoms. The summed E-state index contributed by atoms with van der Waals surface area (Å²) >= 11 is 0. The van der Waals surface area contributed by atoms with Gasteiger partial charge in [0.2, 0.25) is 0 Å². The number of halogens is 1. The van der Waals surface area contributed by atoms with Crippen LogP contribution in [-0.2, 0) is 0 Å². The summed E-state index contributed by atoms with van der Waals surface area (Å²) in [5.74, 6) is 2.29. The van der Waals surface area contributed by atoms with Crippen LogP contribution in [0.3, 0.4) is 0 Å². The van der Waals surface area contributed by atoms with Crippen molar-refractivity contribution in [2.75, 3.05) is 0 Å². The smallest absolute Gasteiger partial charge is 0.128 e. The molecule has 1 heterocycles. The van der Waals surface area contributed by atoms with Gasteiger partial charge in [0.05, 0.1) is 6.10 Å². The third-order valence-electron chi connectivity index (χ3n) is 8.93. The first-order valence-electron chi connectivity index (χ1n) is 10.7. The molecule has 2 N–H and O–H groups in total. The largest absolute Gasteiger partial charge is 0.392 e. The molecule has 4 nitrogen and oxygen atoms in total. The Morgan fingerprint density at radius 2 is 1.89 bits per heavy atom. The van der Waals surface area contributed by atoms with Crippen LogP contribution >= 0.6 is 0 Å². The van der Waals surface area contributed by atoms with Gasteiger partial charge in [-0.25, -0.2) is 4.39 Å². The normalized spacial score (nSPS) is 45.8. The summed E-state index contributed by atoms with van der Waals surface area (Å²) in [7, 11) is 0. The Bertz CT molecular complexity index is 889. The minimum atomic E-state index is -0.977. The topological polar surface area (TPSA) is 61.8 Å². The molecule has 27 heavy (non-hydrogen) atoms. The number of aliphatic hydroxyl groups is 1. The second-order valence-electron chi connectivity index (χ2n) is 9.92. The van der Waals surface area contributed by atoms with Gasteiger partial charge in [-0.3, -0.25) is 0 Å². The zero-order chi connectivity index (χ0) is 18.3. The van der Waals surface area contributed by atoms with E-state index in [4.69, 9.17) is 0 Å². The lowest BCUT2D eigenvalue weighted by atomic mass is 9.50. The van der Waals surface area contributed by atoms with Crippen molar-refractivity contribution >= 4 is 11.0 Å². The van der Waals surface area contributed by atoms with Crippen molar-refractivity contribution in [2.24, 2.45) is 29.1 Å². The molecule has 7 rings (SSSR count). The molecule has 6 atom stereocenters. The van der Waals surface area contributed by atoms with E-state index in [0.29, 0.717) is 41.5 Å². The third kappa shape index (κ3) is 2.07. The minimum Gasteiger partial charge on any atom is -0.392 e. The fraction of sp³-hybridized carbons (Fsp3) is 0.727. The highest BCUT2D eigenvalue weighted by Gasteiger charge is 2.59. The molecule has 1 aromatic heterocycles. The first-order chi connectivity index (χ1) is 13.1. The van der Waals surface area contributed by atoms with Crippen molar-refractivity contribution in [3.05, 3.63) is 23.3 Å². The zero-order valence-corrected chi connectivity index (χ0v) is 15.9. The standard InChI is InChI=1S/C22H28FN3O/c1-22-9-8-13-14-6-7-17-20(25-26-24-17)18(14)16(23)10-15(13)19(22)11-2-4-12(5-3-11)21(22)27/h6-7,11-13,15-16,19,21,27H,2-5,8-10H2,1H3,(H,24,25,26). The van der Waals surface area contributed by atoms with E-state index in [-0.39, 0.29) is 11.5 Å². The summed E-state index contributed by atoms with van der Waals surface area (Å²) in [5.41, 5.74) is 3.38. The van der Waals surface area contributed by atoms with E-state index < -0.39 is 6.17 Å². The number of rotatable bonds is 0. The maximum atomic E-state index is 15.5. The summed E-state index contributed by atoms with van der Waals surface area (Å²) in [6, 6.07) is 4.10. The second kappa shape index (κ2) is 5.53. The van der Waals surface area contributed by atoms with Gasteiger partial charge in [0, 0.05) is 5.56 Å². The van der Waals surface area contributed by atoms with Gasteiger partial charge in [0.1, 0.15) is 17.2 Å². The lowest BCUT2D eigenvalue weighted by molar-refractivity contribution is -0.0914. The number of aromatic nitrogens is 3. The van der Waals surface area contributed by atoms with E-state index in [0.717, 1.165) is 42.3 Å². The predicted molar refractivity (Wildman–Crippen MR) is 101 cm³/mol. The van der Waals surface area contributed by atoms with Crippen molar-refractivity contribution in [2.45, 2.75) is 70.1 Å². The van der Waals surface area contributed by atoms with E-state index in [1.54, 1.807) is 0 Å². The first-order valence-corrected chi connectivity index (χ1v) is 10.7. The monoisotopic (exact) mass is 369 g/mol. The number of fused-ring (bicyclic) bond motifs is 7. The summed E-state index contributed by atoms with van der Waals surface area (Å²) < 4.78 is 15.5. The fourth-order valence-corrected chi connectivity index (χ4v) is 7.83. The molecular weight excluding hydrogens is 341 g/mol. The number of nitrogens with one attached hydrogen (secondary N) is 1. The molecule has 6 unspecified atom stereocenters. The van der Waals surface area contributed by atoms with Gasteiger partial charge in [-0.05, 0) is 91.6 Å². The van der Waals surface area contributed by atoms with Gasteiger partial charge < -0.3 is 5.11 Å². The Labute approximate surface area is 158 Å². The fourth-order valence-electron chi connectivity index (χ4n) is 7.83. The Kier molecular flexibility index (Phi) is 3.37. The number of aromatic amines is 1. The molecule has 0 spiro atoms. The quantitative estimate of drug-likeness (QED) is 0.709. The van der Waals surface area contributed by atoms with E-state index in [1.807, 2.05) is 6.07 Å². The second-order valence-corrected chi connectivity index (χ2v) is 9.92. The molecule has 0 amide bonds. The van der Waals surface area contributed by atoms with E-state index in [9.17, 15) is 5.11 Å². The molecule has 144 valence electrons. The molecule has 0 saturated heterocycles. The molecular formula is C22H28FN3O. The van der Waals surface area contributed by atoms with Crippen LogP contribution in [0.5, 0.6) is 0 Å². The number of hydrogen-bond donors (Lipinski definition) is 2. The highest BCUT2D eigenvalue weighted by molar-refractivity contribution is 5.80. The Morgan fingerprint density at radius 3 is 2.70 bits per heavy atom. The Balaban J connectivity index is 1.49. The predicted octanol–water partition coefficient (Wildman–Crippen LogP) is 4.67. The lowest BCUT2D eigenvalue weighted by Gasteiger charge is -2.55. The maximum absolute atomic E-state index is 15.5. The van der Waals surface area contributed by atoms with Gasteiger partial charge in [0.15, 0.2) is 0 Å². The van der Waals surface area contributed by atoms with Crippen LogP contribution in [-0.4, -0.2) is 26.6 Å². The van der Waals surface area contributed by atoms with Crippen LogP contribution in [0.4, 0.5) is 4.39 Å².